The molecule has 0 saturated heterocycles. The third kappa shape index (κ3) is 2.56. The SMILES string of the molecule is CSc1nc(N)n(-c2ccc([N+](=O)[O-])cc2)c(=O)c1C#N. The number of nitriles is 1. The van der Waals surface area contributed by atoms with E-state index in [0.29, 0.717) is 5.69 Å². The smallest absolute Gasteiger partial charge is 0.278 e. The largest absolute Gasteiger partial charge is 0.369 e. The Labute approximate surface area is 123 Å². The first-order valence-electron chi connectivity index (χ1n) is 5.61. The minimum absolute atomic E-state index is 0.0859. The van der Waals surface area contributed by atoms with Gasteiger partial charge in [-0.05, 0) is 18.4 Å². The lowest BCUT2D eigenvalue weighted by molar-refractivity contribution is -0.384. The molecular weight excluding hydrogens is 294 g/mol. The van der Waals surface area contributed by atoms with Crippen molar-refractivity contribution >= 4 is 23.4 Å². The first kappa shape index (κ1) is 14.5. The van der Waals surface area contributed by atoms with Crippen LogP contribution in [-0.2, 0) is 0 Å². The molecule has 0 atom stereocenters. The van der Waals surface area contributed by atoms with Crippen LogP contribution in [0, 0.1) is 21.4 Å². The molecule has 0 amide bonds. The summed E-state index contributed by atoms with van der Waals surface area (Å²) >= 11 is 1.14. The molecule has 0 fully saturated rings. The number of anilines is 1. The van der Waals surface area contributed by atoms with Crippen LogP contribution in [0.25, 0.3) is 5.69 Å². The number of nitrogen functional groups attached to an aromatic ring is 1. The minimum Gasteiger partial charge on any atom is -0.369 e. The van der Waals surface area contributed by atoms with Gasteiger partial charge in [-0.1, -0.05) is 0 Å². The van der Waals surface area contributed by atoms with Crippen molar-refractivity contribution < 1.29 is 4.92 Å². The van der Waals surface area contributed by atoms with E-state index in [1.807, 2.05) is 0 Å². The molecule has 0 aliphatic rings. The topological polar surface area (TPSA) is 128 Å². The number of hydrogen-bond donors (Lipinski definition) is 1. The number of nitrogens with zero attached hydrogens (tertiary/aromatic N) is 4. The Bertz CT molecular complexity index is 807. The molecule has 8 nitrogen and oxygen atoms in total. The molecular formula is C12H9N5O3S. The predicted molar refractivity (Wildman–Crippen MR) is 77.4 cm³/mol. The molecule has 0 aliphatic carbocycles. The van der Waals surface area contributed by atoms with Gasteiger partial charge in [-0.3, -0.25) is 14.9 Å². The summed E-state index contributed by atoms with van der Waals surface area (Å²) in [6.45, 7) is 0. The summed E-state index contributed by atoms with van der Waals surface area (Å²) in [6.07, 6.45) is 1.68. The second-order valence-electron chi connectivity index (χ2n) is 3.88. The van der Waals surface area contributed by atoms with Crippen LogP contribution >= 0.6 is 11.8 Å². The van der Waals surface area contributed by atoms with Crippen molar-refractivity contribution in [3.8, 4) is 11.8 Å². The molecule has 2 N–H and O–H groups in total. The number of nitrogens with two attached hydrogens (primary N) is 1. The van der Waals surface area contributed by atoms with Gasteiger partial charge in [0.25, 0.3) is 11.2 Å². The van der Waals surface area contributed by atoms with Gasteiger partial charge in [0.1, 0.15) is 16.7 Å². The summed E-state index contributed by atoms with van der Waals surface area (Å²) in [5.41, 5.74) is 5.22. The Hall–Kier alpha value is -2.86. The number of benzene rings is 1. The van der Waals surface area contributed by atoms with Crippen LogP contribution in [0.3, 0.4) is 0 Å². The summed E-state index contributed by atoms with van der Waals surface area (Å²) in [4.78, 5) is 26.4. The van der Waals surface area contributed by atoms with Gasteiger partial charge in [-0.25, -0.2) is 9.55 Å². The molecule has 0 saturated carbocycles. The lowest BCUT2D eigenvalue weighted by Crippen LogP contribution is -2.26. The molecule has 0 unspecified atom stereocenters. The quantitative estimate of drug-likeness (QED) is 0.392. The Morgan fingerprint density at radius 1 is 1.43 bits per heavy atom. The molecule has 21 heavy (non-hydrogen) atoms. The summed E-state index contributed by atoms with van der Waals surface area (Å²) in [5.74, 6) is -0.0859. The van der Waals surface area contributed by atoms with E-state index in [2.05, 4.69) is 4.98 Å². The Kier molecular flexibility index (Phi) is 3.91. The van der Waals surface area contributed by atoms with E-state index in [1.165, 1.54) is 24.3 Å². The van der Waals surface area contributed by atoms with E-state index in [4.69, 9.17) is 11.0 Å². The maximum absolute atomic E-state index is 12.3. The zero-order valence-electron chi connectivity index (χ0n) is 10.8. The van der Waals surface area contributed by atoms with Gasteiger partial charge in [0.15, 0.2) is 0 Å². The Balaban J connectivity index is 2.67. The van der Waals surface area contributed by atoms with E-state index >= 15 is 0 Å². The van der Waals surface area contributed by atoms with Crippen molar-refractivity contribution in [2.75, 3.05) is 12.0 Å². The Morgan fingerprint density at radius 3 is 2.52 bits per heavy atom. The monoisotopic (exact) mass is 303 g/mol. The average molecular weight is 303 g/mol. The van der Waals surface area contributed by atoms with Gasteiger partial charge in [0.05, 0.1) is 10.6 Å². The van der Waals surface area contributed by atoms with Crippen LogP contribution in [-0.4, -0.2) is 20.7 Å². The molecule has 9 heteroatoms. The zero-order chi connectivity index (χ0) is 15.6. The molecule has 2 aromatic rings. The second-order valence-corrected chi connectivity index (χ2v) is 4.68. The van der Waals surface area contributed by atoms with Crippen LogP contribution in [0.5, 0.6) is 0 Å². The van der Waals surface area contributed by atoms with E-state index in [1.54, 1.807) is 12.3 Å². The third-order valence-corrected chi connectivity index (χ3v) is 3.38. The molecule has 106 valence electrons. The molecule has 0 aliphatic heterocycles. The highest BCUT2D eigenvalue weighted by atomic mass is 32.2. The fourth-order valence-electron chi connectivity index (χ4n) is 1.73. The number of aromatic nitrogens is 2. The van der Waals surface area contributed by atoms with Crippen molar-refractivity contribution in [1.82, 2.24) is 9.55 Å². The standard InChI is InChI=1S/C12H9N5O3S/c1-21-10-9(6-13)11(18)16(12(14)15-10)7-2-4-8(5-3-7)17(19)20/h2-5H,1H3,(H2,14,15). The highest BCUT2D eigenvalue weighted by molar-refractivity contribution is 7.98. The van der Waals surface area contributed by atoms with Gasteiger partial charge in [0.2, 0.25) is 5.95 Å². The molecule has 1 heterocycles. The van der Waals surface area contributed by atoms with E-state index in [-0.39, 0.29) is 22.2 Å². The first-order chi connectivity index (χ1) is 9.99. The number of nitro groups is 1. The van der Waals surface area contributed by atoms with Crippen LogP contribution in [0.4, 0.5) is 11.6 Å². The number of rotatable bonds is 3. The van der Waals surface area contributed by atoms with Crippen LogP contribution < -0.4 is 11.3 Å². The molecule has 0 radical (unpaired) electrons. The van der Waals surface area contributed by atoms with E-state index in [0.717, 1.165) is 16.3 Å². The molecule has 2 rings (SSSR count). The predicted octanol–water partition coefficient (Wildman–Crippen LogP) is 1.32. The summed E-state index contributed by atoms with van der Waals surface area (Å²) in [6, 6.07) is 7.04. The third-order valence-electron chi connectivity index (χ3n) is 2.70. The lowest BCUT2D eigenvalue weighted by Gasteiger charge is -2.10. The fraction of sp³-hybridized carbons (Fsp3) is 0.0833. The van der Waals surface area contributed by atoms with E-state index in [9.17, 15) is 14.9 Å². The van der Waals surface area contributed by atoms with Crippen LogP contribution in [0.2, 0.25) is 0 Å². The van der Waals surface area contributed by atoms with Crippen LogP contribution in [0.15, 0.2) is 34.1 Å². The van der Waals surface area contributed by atoms with Crippen molar-refractivity contribution in [2.45, 2.75) is 5.03 Å². The zero-order valence-corrected chi connectivity index (χ0v) is 11.6. The van der Waals surface area contributed by atoms with Gasteiger partial charge in [-0.15, -0.1) is 11.8 Å². The van der Waals surface area contributed by atoms with Crippen molar-refractivity contribution in [1.29, 1.82) is 5.26 Å². The average Bonchev–Trinajstić information content (AvgIpc) is 2.47. The highest BCUT2D eigenvalue weighted by Crippen LogP contribution is 2.19. The van der Waals surface area contributed by atoms with Gasteiger partial charge >= 0.3 is 0 Å². The molecule has 0 spiro atoms. The number of hydrogen-bond acceptors (Lipinski definition) is 7. The molecule has 1 aromatic carbocycles. The van der Waals surface area contributed by atoms with Crippen molar-refractivity contribution in [3.63, 3.8) is 0 Å². The van der Waals surface area contributed by atoms with Crippen molar-refractivity contribution in [2.24, 2.45) is 0 Å². The van der Waals surface area contributed by atoms with Gasteiger partial charge in [0, 0.05) is 12.1 Å². The number of nitro benzene ring substituents is 1. The maximum atomic E-state index is 12.3. The lowest BCUT2D eigenvalue weighted by atomic mass is 10.2. The second kappa shape index (κ2) is 5.64. The summed E-state index contributed by atoms with van der Waals surface area (Å²) < 4.78 is 1.04. The highest BCUT2D eigenvalue weighted by Gasteiger charge is 2.16. The van der Waals surface area contributed by atoms with Gasteiger partial charge in [-0.2, -0.15) is 5.26 Å². The minimum atomic E-state index is -0.608. The Morgan fingerprint density at radius 2 is 2.05 bits per heavy atom. The summed E-state index contributed by atoms with van der Waals surface area (Å²) in [5, 5.41) is 19.9. The molecule has 0 bridgehead atoms. The number of thioether (sulfide) groups is 1. The van der Waals surface area contributed by atoms with Crippen molar-refractivity contribution in [3.05, 3.63) is 50.3 Å². The summed E-state index contributed by atoms with van der Waals surface area (Å²) in [7, 11) is 0. The maximum Gasteiger partial charge on any atom is 0.278 e. The molecule has 1 aromatic heterocycles. The van der Waals surface area contributed by atoms with E-state index < -0.39 is 10.5 Å². The fourth-order valence-corrected chi connectivity index (χ4v) is 2.26. The normalized spacial score (nSPS) is 10.1. The van der Waals surface area contributed by atoms with Gasteiger partial charge < -0.3 is 5.73 Å². The number of non-ortho nitro benzene ring substituents is 1. The first-order valence-corrected chi connectivity index (χ1v) is 6.83. The van der Waals surface area contributed by atoms with Crippen LogP contribution in [0.1, 0.15) is 5.56 Å².